The van der Waals surface area contributed by atoms with Crippen LogP contribution in [0.4, 0.5) is 0 Å². The molecular formula is C15H27NO4. The lowest BCUT2D eigenvalue weighted by Crippen LogP contribution is -2.37. The van der Waals surface area contributed by atoms with Crippen molar-refractivity contribution < 1.29 is 19.1 Å². The number of likely N-dealkylation sites (tertiary alicyclic amines) is 1. The summed E-state index contributed by atoms with van der Waals surface area (Å²) in [5.41, 5.74) is -0.402. The second-order valence-electron chi connectivity index (χ2n) is 6.42. The maximum Gasteiger partial charge on any atom is 0.319 e. The first-order valence-electron chi connectivity index (χ1n) is 7.31. The van der Waals surface area contributed by atoms with Gasteiger partial charge in [0.2, 0.25) is 0 Å². The Bertz CT molecular complexity index is 327. The predicted molar refractivity (Wildman–Crippen MR) is 76.3 cm³/mol. The molecular weight excluding hydrogens is 258 g/mol. The van der Waals surface area contributed by atoms with Crippen LogP contribution in [0.1, 0.15) is 46.5 Å². The van der Waals surface area contributed by atoms with Gasteiger partial charge in [0.15, 0.2) is 0 Å². The average molecular weight is 285 g/mol. The number of hydrogen-bond acceptors (Lipinski definition) is 5. The number of rotatable bonds is 5. The van der Waals surface area contributed by atoms with Gasteiger partial charge in [0, 0.05) is 6.42 Å². The summed E-state index contributed by atoms with van der Waals surface area (Å²) in [6, 6.07) is 0. The molecule has 116 valence electrons. The zero-order valence-corrected chi connectivity index (χ0v) is 13.1. The number of piperidine rings is 1. The van der Waals surface area contributed by atoms with Crippen LogP contribution in [0.15, 0.2) is 0 Å². The maximum absolute atomic E-state index is 11.7. The van der Waals surface area contributed by atoms with Crippen molar-refractivity contribution in [2.24, 2.45) is 5.92 Å². The third-order valence-electron chi connectivity index (χ3n) is 3.46. The molecule has 5 heteroatoms. The van der Waals surface area contributed by atoms with E-state index in [1.807, 2.05) is 20.8 Å². The van der Waals surface area contributed by atoms with Gasteiger partial charge in [-0.25, -0.2) is 0 Å². The lowest BCUT2D eigenvalue weighted by Gasteiger charge is -2.31. The molecule has 1 fully saturated rings. The van der Waals surface area contributed by atoms with E-state index in [9.17, 15) is 9.59 Å². The van der Waals surface area contributed by atoms with Crippen LogP contribution in [-0.2, 0) is 19.1 Å². The first kappa shape index (κ1) is 17.0. The van der Waals surface area contributed by atoms with Crippen molar-refractivity contribution in [1.29, 1.82) is 0 Å². The van der Waals surface area contributed by atoms with Crippen LogP contribution in [0.3, 0.4) is 0 Å². The van der Waals surface area contributed by atoms with Crippen LogP contribution in [0, 0.1) is 5.92 Å². The van der Waals surface area contributed by atoms with E-state index < -0.39 is 5.60 Å². The molecule has 20 heavy (non-hydrogen) atoms. The van der Waals surface area contributed by atoms with Crippen LogP contribution in [0.2, 0.25) is 0 Å². The minimum atomic E-state index is -0.402. The summed E-state index contributed by atoms with van der Waals surface area (Å²) in [5.74, 6) is 0.253. The van der Waals surface area contributed by atoms with Gasteiger partial charge in [-0.05, 0) is 59.0 Å². The Morgan fingerprint density at radius 1 is 1.15 bits per heavy atom. The lowest BCUT2D eigenvalue weighted by atomic mass is 9.92. The number of methoxy groups -OCH3 is 1. The normalized spacial score (nSPS) is 17.8. The molecule has 0 radical (unpaired) electrons. The Labute approximate surface area is 121 Å². The van der Waals surface area contributed by atoms with Crippen LogP contribution in [-0.4, -0.2) is 49.2 Å². The molecule has 1 heterocycles. The fourth-order valence-corrected chi connectivity index (χ4v) is 2.39. The average Bonchev–Trinajstić information content (AvgIpc) is 2.36. The summed E-state index contributed by atoms with van der Waals surface area (Å²) in [6.45, 7) is 7.82. The molecule has 0 atom stereocenters. The summed E-state index contributed by atoms with van der Waals surface area (Å²) in [7, 11) is 1.41. The van der Waals surface area contributed by atoms with E-state index in [-0.39, 0.29) is 11.9 Å². The summed E-state index contributed by atoms with van der Waals surface area (Å²) >= 11 is 0. The van der Waals surface area contributed by atoms with Gasteiger partial charge < -0.3 is 9.47 Å². The lowest BCUT2D eigenvalue weighted by molar-refractivity contribution is -0.155. The predicted octanol–water partition coefficient (Wildman–Crippen LogP) is 1.99. The second-order valence-corrected chi connectivity index (χ2v) is 6.42. The molecule has 1 aliphatic rings. The number of ether oxygens (including phenoxy) is 2. The van der Waals surface area contributed by atoms with E-state index in [1.54, 1.807) is 0 Å². The van der Waals surface area contributed by atoms with Gasteiger partial charge in [-0.15, -0.1) is 0 Å². The second kappa shape index (κ2) is 7.62. The highest BCUT2D eigenvalue weighted by atomic mass is 16.6. The summed E-state index contributed by atoms with van der Waals surface area (Å²) < 4.78 is 9.97. The molecule has 1 saturated heterocycles. The summed E-state index contributed by atoms with van der Waals surface area (Å²) in [6.07, 6.45) is 3.42. The van der Waals surface area contributed by atoms with Crippen LogP contribution in [0.25, 0.3) is 0 Å². The molecule has 0 aliphatic carbocycles. The highest BCUT2D eigenvalue weighted by Crippen LogP contribution is 2.22. The Kier molecular flexibility index (Phi) is 6.46. The van der Waals surface area contributed by atoms with Crippen molar-refractivity contribution in [2.45, 2.75) is 52.1 Å². The minimum Gasteiger partial charge on any atom is -0.468 e. The topological polar surface area (TPSA) is 55.8 Å². The van der Waals surface area contributed by atoms with Gasteiger partial charge >= 0.3 is 11.9 Å². The van der Waals surface area contributed by atoms with E-state index in [0.717, 1.165) is 32.4 Å². The van der Waals surface area contributed by atoms with Crippen LogP contribution >= 0.6 is 0 Å². The largest absolute Gasteiger partial charge is 0.468 e. The molecule has 0 aromatic heterocycles. The highest BCUT2D eigenvalue weighted by Gasteiger charge is 2.23. The highest BCUT2D eigenvalue weighted by molar-refractivity contribution is 5.71. The number of nitrogens with zero attached hydrogens (tertiary/aromatic N) is 1. The first-order valence-corrected chi connectivity index (χ1v) is 7.31. The third-order valence-corrected chi connectivity index (χ3v) is 3.46. The van der Waals surface area contributed by atoms with Crippen LogP contribution in [0.5, 0.6) is 0 Å². The Morgan fingerprint density at radius 2 is 1.75 bits per heavy atom. The van der Waals surface area contributed by atoms with Crippen LogP contribution < -0.4 is 0 Å². The molecule has 0 aromatic rings. The Hall–Kier alpha value is -1.10. The number of carbonyl (C=O) groups is 2. The quantitative estimate of drug-likeness (QED) is 0.723. The fraction of sp³-hybridized carbons (Fsp3) is 0.867. The standard InChI is InChI=1S/C15H27NO4/c1-15(2,3)20-13(17)6-5-12-7-9-16(10-8-12)11-14(18)19-4/h12H,5-11H2,1-4H3. The van der Waals surface area contributed by atoms with E-state index in [0.29, 0.717) is 18.9 Å². The van der Waals surface area contributed by atoms with Crippen molar-refractivity contribution in [3.8, 4) is 0 Å². The van der Waals surface area contributed by atoms with Gasteiger partial charge in [-0.3, -0.25) is 14.5 Å². The van der Waals surface area contributed by atoms with Crippen molar-refractivity contribution in [1.82, 2.24) is 4.90 Å². The minimum absolute atomic E-state index is 0.116. The zero-order valence-electron chi connectivity index (χ0n) is 13.1. The molecule has 0 amide bonds. The van der Waals surface area contributed by atoms with Crippen molar-refractivity contribution in [3.05, 3.63) is 0 Å². The molecule has 0 unspecified atom stereocenters. The van der Waals surface area contributed by atoms with Gasteiger partial charge in [0.05, 0.1) is 13.7 Å². The van der Waals surface area contributed by atoms with Gasteiger partial charge in [0.1, 0.15) is 5.60 Å². The Balaban J connectivity index is 2.19. The van der Waals surface area contributed by atoms with Gasteiger partial charge in [0.25, 0.3) is 0 Å². The third kappa shape index (κ3) is 6.89. The molecule has 1 aliphatic heterocycles. The maximum atomic E-state index is 11.7. The molecule has 0 aromatic carbocycles. The van der Waals surface area contributed by atoms with E-state index in [2.05, 4.69) is 9.64 Å². The van der Waals surface area contributed by atoms with Crippen molar-refractivity contribution in [3.63, 3.8) is 0 Å². The number of esters is 2. The number of carbonyl (C=O) groups excluding carboxylic acids is 2. The summed E-state index contributed by atoms with van der Waals surface area (Å²) in [5, 5.41) is 0. The van der Waals surface area contributed by atoms with Crippen molar-refractivity contribution >= 4 is 11.9 Å². The molecule has 0 saturated carbocycles. The van der Waals surface area contributed by atoms with E-state index in [1.165, 1.54) is 7.11 Å². The van der Waals surface area contributed by atoms with E-state index >= 15 is 0 Å². The van der Waals surface area contributed by atoms with Crippen molar-refractivity contribution in [2.75, 3.05) is 26.7 Å². The smallest absolute Gasteiger partial charge is 0.319 e. The van der Waals surface area contributed by atoms with Gasteiger partial charge in [-0.2, -0.15) is 0 Å². The summed E-state index contributed by atoms with van der Waals surface area (Å²) in [4.78, 5) is 24.9. The zero-order chi connectivity index (χ0) is 15.2. The molecule has 0 N–H and O–H groups in total. The number of hydrogen-bond donors (Lipinski definition) is 0. The SMILES string of the molecule is COC(=O)CN1CCC(CCC(=O)OC(C)(C)C)CC1. The Morgan fingerprint density at radius 3 is 2.25 bits per heavy atom. The molecule has 0 spiro atoms. The first-order chi connectivity index (χ1) is 9.30. The van der Waals surface area contributed by atoms with E-state index in [4.69, 9.17) is 4.74 Å². The molecule has 1 rings (SSSR count). The molecule has 5 nitrogen and oxygen atoms in total. The monoisotopic (exact) mass is 285 g/mol. The molecule has 0 bridgehead atoms. The van der Waals surface area contributed by atoms with Gasteiger partial charge in [-0.1, -0.05) is 0 Å². The fourth-order valence-electron chi connectivity index (χ4n) is 2.39.